The van der Waals surface area contributed by atoms with Crippen molar-refractivity contribution in [2.75, 3.05) is 0 Å². The lowest BCUT2D eigenvalue weighted by molar-refractivity contribution is -0.274. The predicted molar refractivity (Wildman–Crippen MR) is 70.2 cm³/mol. The van der Waals surface area contributed by atoms with E-state index in [4.69, 9.17) is 0 Å². The molecule has 0 aromatic heterocycles. The van der Waals surface area contributed by atoms with Gasteiger partial charge in [-0.1, -0.05) is 24.3 Å². The van der Waals surface area contributed by atoms with Gasteiger partial charge < -0.3 is 9.47 Å². The van der Waals surface area contributed by atoms with Gasteiger partial charge in [-0.15, -0.1) is 13.2 Å². The van der Waals surface area contributed by atoms with Crippen LogP contribution in [-0.2, 0) is 6.18 Å². The van der Waals surface area contributed by atoms with E-state index in [2.05, 4.69) is 9.47 Å². The van der Waals surface area contributed by atoms with Crippen molar-refractivity contribution in [1.82, 2.24) is 0 Å². The summed E-state index contributed by atoms with van der Waals surface area (Å²) >= 11 is 0. The van der Waals surface area contributed by atoms with Crippen molar-refractivity contribution in [1.29, 1.82) is 0 Å². The van der Waals surface area contributed by atoms with E-state index in [0.29, 0.717) is 6.07 Å². The molecule has 0 unspecified atom stereocenters. The van der Waals surface area contributed by atoms with Crippen LogP contribution in [-0.4, -0.2) is 13.0 Å². The van der Waals surface area contributed by atoms with Crippen LogP contribution >= 0.6 is 0 Å². The first-order chi connectivity index (χ1) is 11.5. The zero-order valence-corrected chi connectivity index (χ0v) is 12.0. The summed E-state index contributed by atoms with van der Waals surface area (Å²) in [5, 5.41) is 0. The molecule has 0 atom stereocenters. The van der Waals surface area contributed by atoms with Crippen molar-refractivity contribution in [2.24, 2.45) is 0 Å². The van der Waals surface area contributed by atoms with Gasteiger partial charge >= 0.3 is 19.2 Å². The molecule has 0 saturated carbocycles. The minimum Gasteiger partial charge on any atom is -0.434 e. The minimum atomic E-state index is -5.19. The van der Waals surface area contributed by atoms with E-state index in [-0.39, 0.29) is 0 Å². The average Bonchev–Trinajstić information content (AvgIpc) is 2.44. The molecule has 0 spiro atoms. The van der Waals surface area contributed by atoms with E-state index >= 15 is 0 Å². The number of alkyl halides is 8. The standard InChI is InChI=1S/C15H8F8O2/c16-13(17)24-11-7-3-5-9(14(18,19)20)12(11)8-4-1-2-6-10(8)25-15(21,22)23/h1-7,13H. The normalized spacial score (nSPS) is 12.4. The molecule has 0 aliphatic rings. The topological polar surface area (TPSA) is 18.5 Å². The average molecular weight is 372 g/mol. The Kier molecular flexibility index (Phi) is 5.09. The zero-order valence-electron chi connectivity index (χ0n) is 12.0. The van der Waals surface area contributed by atoms with Crippen molar-refractivity contribution in [2.45, 2.75) is 19.2 Å². The van der Waals surface area contributed by atoms with Gasteiger partial charge in [0.2, 0.25) is 0 Å². The Bertz CT molecular complexity index is 737. The summed E-state index contributed by atoms with van der Waals surface area (Å²) in [6.07, 6.45) is -10.2. The first-order valence-corrected chi connectivity index (χ1v) is 6.49. The van der Waals surface area contributed by atoms with E-state index in [1.807, 2.05) is 0 Å². The summed E-state index contributed by atoms with van der Waals surface area (Å²) in [4.78, 5) is 0. The molecule has 136 valence electrons. The first kappa shape index (κ1) is 18.8. The highest BCUT2D eigenvalue weighted by Gasteiger charge is 2.38. The molecular weight excluding hydrogens is 364 g/mol. The Morgan fingerprint density at radius 2 is 1.36 bits per heavy atom. The van der Waals surface area contributed by atoms with Crippen molar-refractivity contribution < 1.29 is 44.6 Å². The highest BCUT2D eigenvalue weighted by molar-refractivity contribution is 5.79. The number of para-hydroxylation sites is 1. The van der Waals surface area contributed by atoms with Gasteiger partial charge in [-0.05, 0) is 18.2 Å². The summed E-state index contributed by atoms with van der Waals surface area (Å²) in [5.74, 6) is -1.91. The summed E-state index contributed by atoms with van der Waals surface area (Å²) < 4.78 is 110. The number of hydrogen-bond acceptors (Lipinski definition) is 2. The zero-order chi connectivity index (χ0) is 18.8. The second kappa shape index (κ2) is 6.77. The first-order valence-electron chi connectivity index (χ1n) is 6.49. The molecule has 10 heteroatoms. The van der Waals surface area contributed by atoms with E-state index in [0.717, 1.165) is 36.4 Å². The molecule has 2 aromatic rings. The molecule has 0 amide bonds. The number of benzene rings is 2. The largest absolute Gasteiger partial charge is 0.573 e. The Balaban J connectivity index is 2.73. The van der Waals surface area contributed by atoms with Crippen LogP contribution < -0.4 is 9.47 Å². The molecule has 0 radical (unpaired) electrons. The van der Waals surface area contributed by atoms with Gasteiger partial charge in [-0.25, -0.2) is 0 Å². The third kappa shape index (κ3) is 4.74. The monoisotopic (exact) mass is 372 g/mol. The maximum absolute atomic E-state index is 13.2. The molecule has 0 heterocycles. The lowest BCUT2D eigenvalue weighted by Crippen LogP contribution is -2.18. The molecular formula is C15H8F8O2. The molecule has 0 saturated heterocycles. The number of rotatable bonds is 4. The maximum atomic E-state index is 13.2. The Morgan fingerprint density at radius 3 is 1.92 bits per heavy atom. The fourth-order valence-corrected chi connectivity index (χ4v) is 2.13. The summed E-state index contributed by atoms with van der Waals surface area (Å²) in [5.41, 5.74) is -3.11. The second-order valence-electron chi connectivity index (χ2n) is 4.60. The smallest absolute Gasteiger partial charge is 0.434 e. The van der Waals surface area contributed by atoms with Gasteiger partial charge in [0.05, 0.1) is 5.56 Å². The lowest BCUT2D eigenvalue weighted by Gasteiger charge is -2.20. The van der Waals surface area contributed by atoms with Crippen molar-refractivity contribution in [3.8, 4) is 22.6 Å². The van der Waals surface area contributed by atoms with Crippen molar-refractivity contribution in [3.63, 3.8) is 0 Å². The van der Waals surface area contributed by atoms with Gasteiger partial charge in [0.25, 0.3) is 0 Å². The fraction of sp³-hybridized carbons (Fsp3) is 0.200. The van der Waals surface area contributed by atoms with Crippen LogP contribution in [0.2, 0.25) is 0 Å². The van der Waals surface area contributed by atoms with E-state index in [1.54, 1.807) is 0 Å². The Labute approximate surface area is 135 Å². The van der Waals surface area contributed by atoms with Crippen LogP contribution in [0.15, 0.2) is 42.5 Å². The van der Waals surface area contributed by atoms with Crippen LogP contribution in [0.5, 0.6) is 11.5 Å². The van der Waals surface area contributed by atoms with E-state index in [1.165, 1.54) is 0 Å². The molecule has 0 aliphatic heterocycles. The third-order valence-electron chi connectivity index (χ3n) is 2.93. The van der Waals surface area contributed by atoms with Crippen LogP contribution in [0.4, 0.5) is 35.1 Å². The molecule has 0 fully saturated rings. The van der Waals surface area contributed by atoms with E-state index in [9.17, 15) is 35.1 Å². The Morgan fingerprint density at radius 1 is 0.760 bits per heavy atom. The van der Waals surface area contributed by atoms with E-state index < -0.39 is 47.3 Å². The van der Waals surface area contributed by atoms with Gasteiger partial charge in [0.1, 0.15) is 11.5 Å². The summed E-state index contributed by atoms with van der Waals surface area (Å²) in [6, 6.07) is 6.01. The molecule has 0 N–H and O–H groups in total. The molecule has 0 bridgehead atoms. The minimum absolute atomic E-state index is 0.540. The molecule has 25 heavy (non-hydrogen) atoms. The predicted octanol–water partition coefficient (Wildman–Crippen LogP) is 5.87. The van der Waals surface area contributed by atoms with Gasteiger partial charge in [0, 0.05) is 11.1 Å². The SMILES string of the molecule is FC(F)Oc1cccc(C(F)(F)F)c1-c1ccccc1OC(F)(F)F. The fourth-order valence-electron chi connectivity index (χ4n) is 2.13. The van der Waals surface area contributed by atoms with Crippen molar-refractivity contribution >= 4 is 0 Å². The molecule has 0 aliphatic carbocycles. The number of halogens is 8. The van der Waals surface area contributed by atoms with Gasteiger partial charge in [-0.2, -0.15) is 22.0 Å². The van der Waals surface area contributed by atoms with Crippen molar-refractivity contribution in [3.05, 3.63) is 48.0 Å². The van der Waals surface area contributed by atoms with Crippen LogP contribution in [0, 0.1) is 0 Å². The number of ether oxygens (including phenoxy) is 2. The highest BCUT2D eigenvalue weighted by Crippen LogP contribution is 2.46. The second-order valence-corrected chi connectivity index (χ2v) is 4.60. The number of hydrogen-bond donors (Lipinski definition) is 0. The van der Waals surface area contributed by atoms with Gasteiger partial charge in [0.15, 0.2) is 0 Å². The van der Waals surface area contributed by atoms with Gasteiger partial charge in [-0.3, -0.25) is 0 Å². The lowest BCUT2D eigenvalue weighted by atomic mass is 9.97. The Hall–Kier alpha value is -2.52. The van der Waals surface area contributed by atoms with Crippen LogP contribution in [0.25, 0.3) is 11.1 Å². The molecule has 2 nitrogen and oxygen atoms in total. The summed E-state index contributed by atoms with van der Waals surface area (Å²) in [6.45, 7) is -3.47. The van der Waals surface area contributed by atoms with Crippen LogP contribution in [0.1, 0.15) is 5.56 Å². The van der Waals surface area contributed by atoms with Crippen LogP contribution in [0.3, 0.4) is 0 Å². The quantitative estimate of drug-likeness (QED) is 0.625. The molecule has 2 rings (SSSR count). The summed E-state index contributed by atoms with van der Waals surface area (Å²) in [7, 11) is 0. The molecule has 2 aromatic carbocycles. The highest BCUT2D eigenvalue weighted by atomic mass is 19.4. The maximum Gasteiger partial charge on any atom is 0.573 e. The third-order valence-corrected chi connectivity index (χ3v) is 2.93.